The van der Waals surface area contributed by atoms with Gasteiger partial charge in [-0.2, -0.15) is 0 Å². The molecule has 70 valence electrons. The Morgan fingerprint density at radius 2 is 2.08 bits per heavy atom. The second-order valence-corrected chi connectivity index (χ2v) is 3.53. The number of halogens is 1. The summed E-state index contributed by atoms with van der Waals surface area (Å²) in [6.07, 6.45) is 4.99. The van der Waals surface area contributed by atoms with Crippen LogP contribution < -0.4 is 4.90 Å². The van der Waals surface area contributed by atoms with Crippen molar-refractivity contribution in [2.75, 3.05) is 18.5 Å². The number of rotatable bonds is 3. The molecule has 0 N–H and O–H groups in total. The Balaban J connectivity index is 2.01. The average molecular weight is 181 g/mol. The van der Waals surface area contributed by atoms with Gasteiger partial charge in [-0.1, -0.05) is 0 Å². The summed E-state index contributed by atoms with van der Waals surface area (Å²) in [4.78, 5) is 9.77. The maximum absolute atomic E-state index is 12.5. The third kappa shape index (κ3) is 2.14. The highest BCUT2D eigenvalue weighted by atomic mass is 19.1. The molecular weight excluding hydrogens is 169 g/mol. The molecule has 1 aliphatic carbocycles. The SMILES string of the molecule is CN(CC1CC1)c1ncc(F)cn1. The normalized spacial score (nSPS) is 15.8. The van der Waals surface area contributed by atoms with Crippen molar-refractivity contribution in [1.29, 1.82) is 0 Å². The van der Waals surface area contributed by atoms with Gasteiger partial charge in [0, 0.05) is 13.6 Å². The number of anilines is 1. The summed E-state index contributed by atoms with van der Waals surface area (Å²) >= 11 is 0. The zero-order valence-electron chi connectivity index (χ0n) is 7.57. The van der Waals surface area contributed by atoms with Crippen molar-refractivity contribution in [2.24, 2.45) is 5.92 Å². The van der Waals surface area contributed by atoms with E-state index in [0.29, 0.717) is 5.95 Å². The molecule has 4 heteroatoms. The van der Waals surface area contributed by atoms with E-state index in [1.54, 1.807) is 0 Å². The summed E-state index contributed by atoms with van der Waals surface area (Å²) in [6, 6.07) is 0. The molecule has 0 spiro atoms. The van der Waals surface area contributed by atoms with Crippen molar-refractivity contribution in [1.82, 2.24) is 9.97 Å². The van der Waals surface area contributed by atoms with E-state index in [1.165, 1.54) is 25.2 Å². The molecule has 1 aromatic rings. The first-order chi connectivity index (χ1) is 6.25. The minimum Gasteiger partial charge on any atom is -0.344 e. The molecule has 0 saturated heterocycles. The zero-order valence-corrected chi connectivity index (χ0v) is 7.57. The summed E-state index contributed by atoms with van der Waals surface area (Å²) in [5.41, 5.74) is 0. The molecule has 0 aromatic carbocycles. The van der Waals surface area contributed by atoms with Crippen LogP contribution in [0, 0.1) is 11.7 Å². The lowest BCUT2D eigenvalue weighted by Crippen LogP contribution is -2.22. The summed E-state index contributed by atoms with van der Waals surface area (Å²) in [5.74, 6) is 1.01. The molecule has 0 unspecified atom stereocenters. The molecule has 13 heavy (non-hydrogen) atoms. The fourth-order valence-electron chi connectivity index (χ4n) is 1.27. The lowest BCUT2D eigenvalue weighted by molar-refractivity contribution is 0.611. The van der Waals surface area contributed by atoms with Gasteiger partial charge in [-0.25, -0.2) is 14.4 Å². The van der Waals surface area contributed by atoms with Crippen LogP contribution in [-0.2, 0) is 0 Å². The Labute approximate surface area is 76.6 Å². The highest BCUT2D eigenvalue weighted by molar-refractivity contribution is 5.27. The Morgan fingerprint density at radius 1 is 1.46 bits per heavy atom. The van der Waals surface area contributed by atoms with Crippen molar-refractivity contribution in [3.05, 3.63) is 18.2 Å². The number of nitrogens with zero attached hydrogens (tertiary/aromatic N) is 3. The van der Waals surface area contributed by atoms with Gasteiger partial charge in [0.2, 0.25) is 5.95 Å². The first kappa shape index (κ1) is 8.41. The van der Waals surface area contributed by atoms with Crippen LogP contribution in [0.3, 0.4) is 0 Å². The van der Waals surface area contributed by atoms with Crippen LogP contribution in [0.25, 0.3) is 0 Å². The average Bonchev–Trinajstić information content (AvgIpc) is 2.89. The third-order valence-electron chi connectivity index (χ3n) is 2.18. The molecule has 0 amide bonds. The van der Waals surface area contributed by atoms with E-state index >= 15 is 0 Å². The van der Waals surface area contributed by atoms with E-state index < -0.39 is 0 Å². The third-order valence-corrected chi connectivity index (χ3v) is 2.18. The lowest BCUT2D eigenvalue weighted by Gasteiger charge is -2.15. The van der Waals surface area contributed by atoms with Crippen LogP contribution in [0.5, 0.6) is 0 Å². The van der Waals surface area contributed by atoms with Crippen LogP contribution in [0.15, 0.2) is 12.4 Å². The van der Waals surface area contributed by atoms with Gasteiger partial charge in [0.25, 0.3) is 0 Å². The molecule has 0 aliphatic heterocycles. The van der Waals surface area contributed by atoms with Crippen LogP contribution in [0.1, 0.15) is 12.8 Å². The zero-order chi connectivity index (χ0) is 9.26. The second kappa shape index (κ2) is 3.28. The number of aromatic nitrogens is 2. The Kier molecular flexibility index (Phi) is 2.12. The van der Waals surface area contributed by atoms with Gasteiger partial charge in [0.1, 0.15) is 0 Å². The maximum atomic E-state index is 12.5. The van der Waals surface area contributed by atoms with Gasteiger partial charge < -0.3 is 4.90 Å². The predicted octanol–water partition coefficient (Wildman–Crippen LogP) is 1.46. The fourth-order valence-corrected chi connectivity index (χ4v) is 1.27. The first-order valence-corrected chi connectivity index (χ1v) is 4.44. The molecule has 1 saturated carbocycles. The van der Waals surface area contributed by atoms with Crippen LogP contribution in [0.2, 0.25) is 0 Å². The first-order valence-electron chi connectivity index (χ1n) is 4.44. The van der Waals surface area contributed by atoms with E-state index in [9.17, 15) is 4.39 Å². The highest BCUT2D eigenvalue weighted by Crippen LogP contribution is 2.29. The van der Waals surface area contributed by atoms with Gasteiger partial charge in [-0.05, 0) is 18.8 Å². The molecule has 0 atom stereocenters. The number of hydrogen-bond acceptors (Lipinski definition) is 3. The molecule has 0 radical (unpaired) electrons. The quantitative estimate of drug-likeness (QED) is 0.707. The summed E-state index contributed by atoms with van der Waals surface area (Å²) < 4.78 is 12.5. The maximum Gasteiger partial charge on any atom is 0.225 e. The fraction of sp³-hybridized carbons (Fsp3) is 0.556. The minimum absolute atomic E-state index is 0.386. The molecule has 2 rings (SSSR count). The van der Waals surface area contributed by atoms with Crippen molar-refractivity contribution in [3.63, 3.8) is 0 Å². The topological polar surface area (TPSA) is 29.0 Å². The summed E-state index contributed by atoms with van der Waals surface area (Å²) in [7, 11) is 1.94. The molecular formula is C9H12FN3. The Hall–Kier alpha value is -1.19. The molecule has 0 bridgehead atoms. The van der Waals surface area contributed by atoms with E-state index in [1.807, 2.05) is 11.9 Å². The van der Waals surface area contributed by atoms with Gasteiger partial charge >= 0.3 is 0 Å². The van der Waals surface area contributed by atoms with Crippen LogP contribution >= 0.6 is 0 Å². The van der Waals surface area contributed by atoms with Gasteiger partial charge in [-0.15, -0.1) is 0 Å². The lowest BCUT2D eigenvalue weighted by atomic mass is 10.4. The van der Waals surface area contributed by atoms with E-state index in [4.69, 9.17) is 0 Å². The molecule has 1 fully saturated rings. The monoisotopic (exact) mass is 181 g/mol. The summed E-state index contributed by atoms with van der Waals surface area (Å²) in [5, 5.41) is 0. The van der Waals surface area contributed by atoms with E-state index in [-0.39, 0.29) is 5.82 Å². The standard InChI is InChI=1S/C9H12FN3/c1-13(6-7-2-3-7)9-11-4-8(10)5-12-9/h4-5,7H,2-3,6H2,1H3. The van der Waals surface area contributed by atoms with Crippen molar-refractivity contribution in [3.8, 4) is 0 Å². The minimum atomic E-state index is -0.386. The van der Waals surface area contributed by atoms with Gasteiger partial charge in [0.15, 0.2) is 5.82 Å². The van der Waals surface area contributed by atoms with Crippen LogP contribution in [-0.4, -0.2) is 23.6 Å². The smallest absolute Gasteiger partial charge is 0.225 e. The van der Waals surface area contributed by atoms with Gasteiger partial charge in [-0.3, -0.25) is 0 Å². The van der Waals surface area contributed by atoms with E-state index in [0.717, 1.165) is 12.5 Å². The second-order valence-electron chi connectivity index (χ2n) is 3.53. The number of hydrogen-bond donors (Lipinski definition) is 0. The van der Waals surface area contributed by atoms with E-state index in [2.05, 4.69) is 9.97 Å². The van der Waals surface area contributed by atoms with Gasteiger partial charge in [0.05, 0.1) is 12.4 Å². The molecule has 1 aromatic heterocycles. The Bertz CT molecular complexity index is 281. The summed E-state index contributed by atoms with van der Waals surface area (Å²) in [6.45, 7) is 0.978. The highest BCUT2D eigenvalue weighted by Gasteiger charge is 2.23. The van der Waals surface area contributed by atoms with Crippen molar-refractivity contribution < 1.29 is 4.39 Å². The van der Waals surface area contributed by atoms with Crippen LogP contribution in [0.4, 0.5) is 10.3 Å². The van der Waals surface area contributed by atoms with Crippen molar-refractivity contribution in [2.45, 2.75) is 12.8 Å². The predicted molar refractivity (Wildman–Crippen MR) is 48.0 cm³/mol. The molecule has 3 nitrogen and oxygen atoms in total. The molecule has 1 heterocycles. The Morgan fingerprint density at radius 3 is 2.62 bits per heavy atom. The molecule has 1 aliphatic rings. The largest absolute Gasteiger partial charge is 0.344 e. The van der Waals surface area contributed by atoms with Crippen molar-refractivity contribution >= 4 is 5.95 Å².